The molecule has 0 aliphatic heterocycles. The maximum absolute atomic E-state index is 6.07. The van der Waals surface area contributed by atoms with E-state index in [-0.39, 0.29) is 5.54 Å². The average molecular weight is 209 g/mol. The second kappa shape index (κ2) is 5.42. The van der Waals surface area contributed by atoms with E-state index in [1.54, 1.807) is 0 Å². The van der Waals surface area contributed by atoms with Crippen LogP contribution in [0.5, 0.6) is 0 Å². The fraction of sp³-hybridized carbons (Fsp3) is 0.500. The molecule has 1 unspecified atom stereocenters. The summed E-state index contributed by atoms with van der Waals surface area (Å²) in [7, 11) is 0. The average Bonchev–Trinajstić information content (AvgIpc) is 2.19. The van der Waals surface area contributed by atoms with E-state index in [2.05, 4.69) is 38.1 Å². The molecule has 0 aromatic heterocycles. The minimum atomic E-state index is 0.00177. The molecule has 0 heterocycles. The Morgan fingerprint density at radius 3 is 2.50 bits per heavy atom. The lowest BCUT2D eigenvalue weighted by Crippen LogP contribution is -2.35. The van der Waals surface area contributed by atoms with E-state index >= 15 is 0 Å². The van der Waals surface area contributed by atoms with Crippen LogP contribution in [0.25, 0.3) is 0 Å². The van der Waals surface area contributed by atoms with Gasteiger partial charge in [-0.3, -0.25) is 0 Å². The minimum Gasteiger partial charge on any atom is -0.325 e. The van der Waals surface area contributed by atoms with E-state index in [1.165, 1.54) is 4.90 Å². The molecule has 0 amide bonds. The van der Waals surface area contributed by atoms with Gasteiger partial charge in [-0.2, -0.15) is 0 Å². The Hall–Kier alpha value is -0.470. The number of thioether (sulfide) groups is 1. The molecule has 78 valence electrons. The lowest BCUT2D eigenvalue weighted by atomic mass is 9.98. The summed E-state index contributed by atoms with van der Waals surface area (Å²) in [6.45, 7) is 4.27. The molecule has 2 heteroatoms. The van der Waals surface area contributed by atoms with Gasteiger partial charge in [-0.1, -0.05) is 25.1 Å². The fourth-order valence-corrected chi connectivity index (χ4v) is 2.25. The minimum absolute atomic E-state index is 0.00177. The predicted octanol–water partition coefficient (Wildman–Crippen LogP) is 3.30. The molecule has 0 fully saturated rings. The summed E-state index contributed by atoms with van der Waals surface area (Å²) in [5, 5.41) is 0. The van der Waals surface area contributed by atoms with Crippen LogP contribution < -0.4 is 5.73 Å². The molecule has 0 aliphatic rings. The molecule has 1 aromatic carbocycles. The Bertz CT molecular complexity index is 256. The van der Waals surface area contributed by atoms with Crippen LogP contribution >= 0.6 is 11.8 Å². The summed E-state index contributed by atoms with van der Waals surface area (Å²) in [5.41, 5.74) is 6.07. The molecule has 0 saturated carbocycles. The third-order valence-corrected chi connectivity index (χ3v) is 3.51. The van der Waals surface area contributed by atoms with Crippen LogP contribution in [-0.2, 0) is 0 Å². The van der Waals surface area contributed by atoms with Gasteiger partial charge in [0, 0.05) is 10.4 Å². The SMILES string of the molecule is CCC(C)(N)CCSc1ccccc1. The van der Waals surface area contributed by atoms with Crippen molar-refractivity contribution in [1.29, 1.82) is 0 Å². The highest BCUT2D eigenvalue weighted by Crippen LogP contribution is 2.21. The van der Waals surface area contributed by atoms with Crippen molar-refractivity contribution in [3.05, 3.63) is 30.3 Å². The summed E-state index contributed by atoms with van der Waals surface area (Å²) < 4.78 is 0. The summed E-state index contributed by atoms with van der Waals surface area (Å²) in [5.74, 6) is 1.10. The lowest BCUT2D eigenvalue weighted by Gasteiger charge is -2.21. The molecule has 1 atom stereocenters. The van der Waals surface area contributed by atoms with Crippen LogP contribution in [0.4, 0.5) is 0 Å². The number of nitrogens with two attached hydrogens (primary N) is 1. The molecule has 1 rings (SSSR count). The van der Waals surface area contributed by atoms with E-state index in [4.69, 9.17) is 5.73 Å². The van der Waals surface area contributed by atoms with Crippen LogP contribution in [0, 0.1) is 0 Å². The Labute approximate surface area is 91.1 Å². The first-order chi connectivity index (χ1) is 6.64. The first kappa shape index (κ1) is 11.6. The summed E-state index contributed by atoms with van der Waals surface area (Å²) in [6, 6.07) is 10.5. The molecule has 0 radical (unpaired) electrons. The van der Waals surface area contributed by atoms with Gasteiger partial charge < -0.3 is 5.73 Å². The highest BCUT2D eigenvalue weighted by molar-refractivity contribution is 7.99. The van der Waals surface area contributed by atoms with Crippen LogP contribution in [-0.4, -0.2) is 11.3 Å². The molecule has 0 bridgehead atoms. The van der Waals surface area contributed by atoms with Crippen LogP contribution in [0.15, 0.2) is 35.2 Å². The molecule has 0 spiro atoms. The van der Waals surface area contributed by atoms with Crippen molar-refractivity contribution < 1.29 is 0 Å². The van der Waals surface area contributed by atoms with Gasteiger partial charge in [0.2, 0.25) is 0 Å². The molecule has 0 saturated heterocycles. The van der Waals surface area contributed by atoms with Crippen molar-refractivity contribution in [3.63, 3.8) is 0 Å². The van der Waals surface area contributed by atoms with Gasteiger partial charge in [0.25, 0.3) is 0 Å². The third-order valence-electron chi connectivity index (χ3n) is 2.49. The highest BCUT2D eigenvalue weighted by atomic mass is 32.2. The van der Waals surface area contributed by atoms with Crippen molar-refractivity contribution in [2.45, 2.75) is 37.1 Å². The summed E-state index contributed by atoms with van der Waals surface area (Å²) in [6.07, 6.45) is 2.12. The molecule has 1 aromatic rings. The van der Waals surface area contributed by atoms with Crippen LogP contribution in [0.1, 0.15) is 26.7 Å². The lowest BCUT2D eigenvalue weighted by molar-refractivity contribution is 0.441. The quantitative estimate of drug-likeness (QED) is 0.753. The monoisotopic (exact) mass is 209 g/mol. The van der Waals surface area contributed by atoms with Gasteiger partial charge in [-0.15, -0.1) is 11.8 Å². The number of hydrogen-bond donors (Lipinski definition) is 1. The zero-order chi connectivity index (χ0) is 10.4. The van der Waals surface area contributed by atoms with Gasteiger partial charge in [0.15, 0.2) is 0 Å². The zero-order valence-electron chi connectivity index (χ0n) is 8.99. The van der Waals surface area contributed by atoms with Crippen LogP contribution in [0.2, 0.25) is 0 Å². The topological polar surface area (TPSA) is 26.0 Å². The van der Waals surface area contributed by atoms with E-state index in [9.17, 15) is 0 Å². The fourth-order valence-electron chi connectivity index (χ4n) is 1.10. The van der Waals surface area contributed by atoms with Crippen molar-refractivity contribution in [1.82, 2.24) is 0 Å². The molecule has 14 heavy (non-hydrogen) atoms. The van der Waals surface area contributed by atoms with Gasteiger partial charge in [-0.05, 0) is 37.7 Å². The van der Waals surface area contributed by atoms with E-state index < -0.39 is 0 Å². The molecular formula is C12H19NS. The second-order valence-corrected chi connectivity index (χ2v) is 5.09. The Morgan fingerprint density at radius 1 is 1.29 bits per heavy atom. The maximum Gasteiger partial charge on any atom is 0.0131 e. The smallest absolute Gasteiger partial charge is 0.0131 e. The van der Waals surface area contributed by atoms with Gasteiger partial charge >= 0.3 is 0 Å². The standard InChI is InChI=1S/C12H19NS/c1-3-12(2,13)9-10-14-11-7-5-4-6-8-11/h4-8H,3,9-10,13H2,1-2H3. The van der Waals surface area contributed by atoms with Gasteiger partial charge in [0.1, 0.15) is 0 Å². The Kier molecular flexibility index (Phi) is 4.49. The Balaban J connectivity index is 2.29. The zero-order valence-corrected chi connectivity index (χ0v) is 9.81. The van der Waals surface area contributed by atoms with E-state index in [1.807, 2.05) is 17.8 Å². The molecule has 0 aliphatic carbocycles. The molecule has 2 N–H and O–H groups in total. The van der Waals surface area contributed by atoms with Gasteiger partial charge in [-0.25, -0.2) is 0 Å². The van der Waals surface area contributed by atoms with Crippen molar-refractivity contribution >= 4 is 11.8 Å². The largest absolute Gasteiger partial charge is 0.325 e. The van der Waals surface area contributed by atoms with Crippen LogP contribution in [0.3, 0.4) is 0 Å². The van der Waals surface area contributed by atoms with Crippen molar-refractivity contribution in [2.24, 2.45) is 5.73 Å². The van der Waals surface area contributed by atoms with Gasteiger partial charge in [0.05, 0.1) is 0 Å². The second-order valence-electron chi connectivity index (χ2n) is 3.92. The normalized spacial score (nSPS) is 15.1. The third kappa shape index (κ3) is 4.16. The summed E-state index contributed by atoms with van der Waals surface area (Å²) >= 11 is 1.88. The Morgan fingerprint density at radius 2 is 1.93 bits per heavy atom. The highest BCUT2D eigenvalue weighted by Gasteiger charge is 2.14. The maximum atomic E-state index is 6.07. The van der Waals surface area contributed by atoms with E-state index in [0.29, 0.717) is 0 Å². The van der Waals surface area contributed by atoms with Crippen molar-refractivity contribution in [3.8, 4) is 0 Å². The first-order valence-electron chi connectivity index (χ1n) is 5.11. The van der Waals surface area contributed by atoms with E-state index in [0.717, 1.165) is 18.6 Å². The predicted molar refractivity (Wildman–Crippen MR) is 64.7 cm³/mol. The summed E-state index contributed by atoms with van der Waals surface area (Å²) in [4.78, 5) is 1.33. The number of rotatable bonds is 5. The molecule has 1 nitrogen and oxygen atoms in total. The van der Waals surface area contributed by atoms with Crippen molar-refractivity contribution in [2.75, 3.05) is 5.75 Å². The molecular weight excluding hydrogens is 190 g/mol. The number of hydrogen-bond acceptors (Lipinski definition) is 2. The first-order valence-corrected chi connectivity index (χ1v) is 6.09. The number of benzene rings is 1.